The zero-order chi connectivity index (χ0) is 14.3. The van der Waals surface area contributed by atoms with Crippen LogP contribution in [0.25, 0.3) is 0 Å². The molecule has 5 heteroatoms. The molecule has 1 aromatic carbocycles. The third-order valence-electron chi connectivity index (χ3n) is 3.10. The van der Waals surface area contributed by atoms with E-state index in [4.69, 9.17) is 21.8 Å². The number of aliphatic carboxylic acids is 1. The van der Waals surface area contributed by atoms with Gasteiger partial charge in [0, 0.05) is 17.6 Å². The molecule has 1 unspecified atom stereocenters. The second-order valence-electron chi connectivity index (χ2n) is 4.43. The molecular weight excluding hydrogens is 266 g/mol. The summed E-state index contributed by atoms with van der Waals surface area (Å²) < 4.78 is 0. The van der Waals surface area contributed by atoms with E-state index in [2.05, 4.69) is 0 Å². The first-order chi connectivity index (χ1) is 9.06. The van der Waals surface area contributed by atoms with Gasteiger partial charge in [-0.1, -0.05) is 30.7 Å². The lowest BCUT2D eigenvalue weighted by Crippen LogP contribution is -2.40. The first-order valence-electron chi connectivity index (χ1n) is 6.38. The summed E-state index contributed by atoms with van der Waals surface area (Å²) in [6.07, 6.45) is 0.702. The maximum atomic E-state index is 11.0. The molecule has 0 spiro atoms. The van der Waals surface area contributed by atoms with Gasteiger partial charge in [-0.15, -0.1) is 0 Å². The number of hydrogen-bond donors (Lipinski definition) is 2. The van der Waals surface area contributed by atoms with Crippen LogP contribution in [0.3, 0.4) is 0 Å². The molecule has 0 radical (unpaired) electrons. The highest BCUT2D eigenvalue weighted by atomic mass is 35.5. The molecule has 0 heterocycles. The Morgan fingerprint density at radius 3 is 2.47 bits per heavy atom. The maximum absolute atomic E-state index is 11.0. The predicted molar refractivity (Wildman–Crippen MR) is 75.5 cm³/mol. The van der Waals surface area contributed by atoms with Gasteiger partial charge in [0.25, 0.3) is 0 Å². The highest BCUT2D eigenvalue weighted by Crippen LogP contribution is 2.15. The Morgan fingerprint density at radius 1 is 1.37 bits per heavy atom. The fourth-order valence-corrected chi connectivity index (χ4v) is 2.28. The molecular formula is C14H20ClNO3. The average Bonchev–Trinajstić information content (AvgIpc) is 2.37. The minimum absolute atomic E-state index is 0.0323. The first-order valence-corrected chi connectivity index (χ1v) is 6.75. The SMILES string of the molecule is CCN(CCO)C(CC(=O)O)Cc1ccc(Cl)cc1. The third-order valence-corrected chi connectivity index (χ3v) is 3.36. The maximum Gasteiger partial charge on any atom is 0.304 e. The van der Waals surface area contributed by atoms with Crippen LogP contribution >= 0.6 is 11.6 Å². The van der Waals surface area contributed by atoms with E-state index in [9.17, 15) is 4.79 Å². The first kappa shape index (κ1) is 16.0. The van der Waals surface area contributed by atoms with Crippen molar-refractivity contribution in [1.29, 1.82) is 0 Å². The highest BCUT2D eigenvalue weighted by molar-refractivity contribution is 6.30. The number of carboxylic acid groups (broad SMARTS) is 1. The molecule has 1 aromatic rings. The topological polar surface area (TPSA) is 60.8 Å². The van der Waals surface area contributed by atoms with Crippen molar-refractivity contribution in [3.63, 3.8) is 0 Å². The van der Waals surface area contributed by atoms with Crippen molar-refractivity contribution in [2.24, 2.45) is 0 Å². The smallest absolute Gasteiger partial charge is 0.304 e. The van der Waals surface area contributed by atoms with Gasteiger partial charge in [0.2, 0.25) is 0 Å². The van der Waals surface area contributed by atoms with Crippen LogP contribution in [0.5, 0.6) is 0 Å². The lowest BCUT2D eigenvalue weighted by atomic mass is 10.0. The number of nitrogens with zero attached hydrogens (tertiary/aromatic N) is 1. The number of carboxylic acids is 1. The van der Waals surface area contributed by atoms with Crippen molar-refractivity contribution in [3.8, 4) is 0 Å². The van der Waals surface area contributed by atoms with Gasteiger partial charge < -0.3 is 10.2 Å². The van der Waals surface area contributed by atoms with Crippen molar-refractivity contribution in [1.82, 2.24) is 4.90 Å². The third kappa shape index (κ3) is 5.59. The van der Waals surface area contributed by atoms with E-state index in [0.29, 0.717) is 24.5 Å². The minimum Gasteiger partial charge on any atom is -0.481 e. The quantitative estimate of drug-likeness (QED) is 0.767. The molecule has 0 aromatic heterocycles. The fraction of sp³-hybridized carbons (Fsp3) is 0.500. The molecule has 0 saturated carbocycles. The summed E-state index contributed by atoms with van der Waals surface area (Å²) in [4.78, 5) is 13.0. The number of carbonyl (C=O) groups is 1. The molecule has 19 heavy (non-hydrogen) atoms. The van der Waals surface area contributed by atoms with Crippen LogP contribution in [0.4, 0.5) is 0 Å². The average molecular weight is 286 g/mol. The Morgan fingerprint density at radius 2 is 2.00 bits per heavy atom. The van der Waals surface area contributed by atoms with Gasteiger partial charge >= 0.3 is 5.97 Å². The van der Waals surface area contributed by atoms with E-state index < -0.39 is 5.97 Å². The van der Waals surface area contributed by atoms with Crippen molar-refractivity contribution >= 4 is 17.6 Å². The van der Waals surface area contributed by atoms with E-state index in [1.165, 1.54) is 0 Å². The monoisotopic (exact) mass is 285 g/mol. The van der Waals surface area contributed by atoms with Crippen LogP contribution in [0.1, 0.15) is 18.9 Å². The van der Waals surface area contributed by atoms with Crippen molar-refractivity contribution in [2.75, 3.05) is 19.7 Å². The molecule has 0 bridgehead atoms. The normalized spacial score (nSPS) is 12.6. The van der Waals surface area contributed by atoms with E-state index >= 15 is 0 Å². The van der Waals surface area contributed by atoms with Gasteiger partial charge in [-0.25, -0.2) is 0 Å². The number of halogens is 1. The molecule has 106 valence electrons. The van der Waals surface area contributed by atoms with Crippen LogP contribution < -0.4 is 0 Å². The molecule has 1 rings (SSSR count). The van der Waals surface area contributed by atoms with E-state index in [-0.39, 0.29) is 19.1 Å². The molecule has 1 atom stereocenters. The molecule has 4 nitrogen and oxygen atoms in total. The van der Waals surface area contributed by atoms with Crippen molar-refractivity contribution in [2.45, 2.75) is 25.8 Å². The van der Waals surface area contributed by atoms with Gasteiger partial charge in [0.15, 0.2) is 0 Å². The summed E-state index contributed by atoms with van der Waals surface area (Å²) in [6.45, 7) is 3.20. The van der Waals surface area contributed by atoms with Crippen LogP contribution in [-0.2, 0) is 11.2 Å². The number of aliphatic hydroxyl groups is 1. The van der Waals surface area contributed by atoms with Crippen molar-refractivity contribution < 1.29 is 15.0 Å². The van der Waals surface area contributed by atoms with Gasteiger partial charge in [0.05, 0.1) is 13.0 Å². The summed E-state index contributed by atoms with van der Waals surface area (Å²) in [7, 11) is 0. The van der Waals surface area contributed by atoms with E-state index in [1.807, 2.05) is 24.0 Å². The number of aliphatic hydroxyl groups excluding tert-OH is 1. The predicted octanol–water partition coefficient (Wildman–Crippen LogP) is 2.04. The summed E-state index contributed by atoms with van der Waals surface area (Å²) in [6, 6.07) is 7.30. The second kappa shape index (κ2) is 8.15. The summed E-state index contributed by atoms with van der Waals surface area (Å²) in [5, 5.41) is 18.7. The van der Waals surface area contributed by atoms with Crippen LogP contribution in [0, 0.1) is 0 Å². The molecule has 0 saturated heterocycles. The van der Waals surface area contributed by atoms with Gasteiger partial charge in [-0.05, 0) is 30.7 Å². The van der Waals surface area contributed by atoms with Gasteiger partial charge in [0.1, 0.15) is 0 Å². The largest absolute Gasteiger partial charge is 0.481 e. The Bertz CT molecular complexity index is 394. The summed E-state index contributed by atoms with van der Waals surface area (Å²) in [5.74, 6) is -0.824. The van der Waals surface area contributed by atoms with Gasteiger partial charge in [-0.2, -0.15) is 0 Å². The molecule has 2 N–H and O–H groups in total. The number of hydrogen-bond acceptors (Lipinski definition) is 3. The fourth-order valence-electron chi connectivity index (χ4n) is 2.15. The molecule has 0 amide bonds. The lowest BCUT2D eigenvalue weighted by Gasteiger charge is -2.29. The highest BCUT2D eigenvalue weighted by Gasteiger charge is 2.20. The van der Waals surface area contributed by atoms with Crippen LogP contribution in [-0.4, -0.2) is 46.8 Å². The summed E-state index contributed by atoms with van der Waals surface area (Å²) >= 11 is 5.83. The zero-order valence-corrected chi connectivity index (χ0v) is 11.8. The lowest BCUT2D eigenvalue weighted by molar-refractivity contribution is -0.138. The second-order valence-corrected chi connectivity index (χ2v) is 4.87. The number of likely N-dealkylation sites (N-methyl/N-ethyl adjacent to an activating group) is 1. The summed E-state index contributed by atoms with van der Waals surface area (Å²) in [5.41, 5.74) is 1.05. The Balaban J connectivity index is 2.77. The van der Waals surface area contributed by atoms with Crippen LogP contribution in [0.2, 0.25) is 5.02 Å². The van der Waals surface area contributed by atoms with E-state index in [0.717, 1.165) is 5.56 Å². The number of benzene rings is 1. The van der Waals surface area contributed by atoms with Crippen molar-refractivity contribution in [3.05, 3.63) is 34.9 Å². The minimum atomic E-state index is -0.824. The Kier molecular flexibility index (Phi) is 6.84. The number of rotatable bonds is 8. The molecule has 0 aliphatic heterocycles. The van der Waals surface area contributed by atoms with E-state index in [1.54, 1.807) is 12.1 Å². The molecule has 0 aliphatic rings. The zero-order valence-electron chi connectivity index (χ0n) is 11.1. The standard InChI is InChI=1S/C14H20ClNO3/c1-2-16(7-8-17)13(10-14(18)19)9-11-3-5-12(15)6-4-11/h3-6,13,17H,2,7-10H2,1H3,(H,18,19). The molecule has 0 aliphatic carbocycles. The van der Waals surface area contributed by atoms with Crippen LogP contribution in [0.15, 0.2) is 24.3 Å². The van der Waals surface area contributed by atoms with Gasteiger partial charge in [-0.3, -0.25) is 9.69 Å². The molecule has 0 fully saturated rings. The Hall–Kier alpha value is -1.10. The Labute approximate surface area is 118 Å².